The molecule has 12 heavy (non-hydrogen) atoms. The molecule has 0 radical (unpaired) electrons. The highest BCUT2D eigenvalue weighted by Crippen LogP contribution is 2.29. The maximum Gasteiger partial charge on any atom is 0.306 e. The first-order valence-electron chi connectivity index (χ1n) is 3.94. The van der Waals surface area contributed by atoms with Crippen LogP contribution in [0.25, 0.3) is 0 Å². The topological polar surface area (TPSA) is 100 Å². The predicted octanol–water partition coefficient (Wildman–Crippen LogP) is 0.248. The van der Waals surface area contributed by atoms with Crippen LogP contribution in [0.3, 0.4) is 0 Å². The standard InChI is InChI=1S/C8H14O2.2H2O/c1-6-4-2-3-5-7(6)8(9)10;;/h6-7H,2-5H2,1H3,(H,9,10);2*1H2. The van der Waals surface area contributed by atoms with Crippen molar-refractivity contribution in [2.45, 2.75) is 32.6 Å². The van der Waals surface area contributed by atoms with Crippen LogP contribution in [0.15, 0.2) is 0 Å². The van der Waals surface area contributed by atoms with Crippen LogP contribution >= 0.6 is 0 Å². The minimum absolute atomic E-state index is 0. The molecule has 0 spiro atoms. The van der Waals surface area contributed by atoms with E-state index in [-0.39, 0.29) is 16.9 Å². The molecule has 0 aromatic carbocycles. The number of carbonyl (C=O) groups is 1. The summed E-state index contributed by atoms with van der Waals surface area (Å²) in [5, 5.41) is 8.71. The molecule has 4 heteroatoms. The molecule has 0 aromatic heterocycles. The number of aliphatic carboxylic acids is 1. The first-order chi connectivity index (χ1) is 4.72. The summed E-state index contributed by atoms with van der Waals surface area (Å²) in [6.07, 6.45) is 4.29. The van der Waals surface area contributed by atoms with Crippen molar-refractivity contribution in [1.82, 2.24) is 0 Å². The third-order valence-corrected chi connectivity index (χ3v) is 2.43. The van der Waals surface area contributed by atoms with Gasteiger partial charge in [0.05, 0.1) is 5.92 Å². The highest BCUT2D eigenvalue weighted by Gasteiger charge is 2.26. The van der Waals surface area contributed by atoms with E-state index >= 15 is 0 Å². The van der Waals surface area contributed by atoms with Gasteiger partial charge >= 0.3 is 5.97 Å². The molecule has 4 nitrogen and oxygen atoms in total. The normalized spacial score (nSPS) is 28.1. The maximum atomic E-state index is 10.6. The molecule has 0 bridgehead atoms. The molecule has 1 rings (SSSR count). The van der Waals surface area contributed by atoms with E-state index in [0.717, 1.165) is 19.3 Å². The third-order valence-electron chi connectivity index (χ3n) is 2.43. The third kappa shape index (κ3) is 3.19. The summed E-state index contributed by atoms with van der Waals surface area (Å²) < 4.78 is 0. The lowest BCUT2D eigenvalue weighted by Gasteiger charge is -2.24. The van der Waals surface area contributed by atoms with Crippen molar-refractivity contribution in [3.63, 3.8) is 0 Å². The molecule has 1 fully saturated rings. The van der Waals surface area contributed by atoms with Gasteiger partial charge < -0.3 is 16.1 Å². The Morgan fingerprint density at radius 2 is 1.75 bits per heavy atom. The van der Waals surface area contributed by atoms with Crippen LogP contribution in [0.4, 0.5) is 0 Å². The fourth-order valence-corrected chi connectivity index (χ4v) is 1.68. The molecular formula is C8H18O4. The summed E-state index contributed by atoms with van der Waals surface area (Å²) >= 11 is 0. The van der Waals surface area contributed by atoms with Crippen molar-refractivity contribution in [2.75, 3.05) is 0 Å². The summed E-state index contributed by atoms with van der Waals surface area (Å²) in [4.78, 5) is 10.6. The average Bonchev–Trinajstić information content (AvgIpc) is 1.88. The van der Waals surface area contributed by atoms with E-state index in [2.05, 4.69) is 0 Å². The average molecular weight is 178 g/mol. The Morgan fingerprint density at radius 1 is 1.25 bits per heavy atom. The zero-order chi connectivity index (χ0) is 7.56. The zero-order valence-corrected chi connectivity index (χ0v) is 7.34. The Morgan fingerprint density at radius 3 is 2.08 bits per heavy atom. The van der Waals surface area contributed by atoms with Gasteiger partial charge in [0, 0.05) is 0 Å². The maximum absolute atomic E-state index is 10.6. The Bertz CT molecular complexity index is 135. The van der Waals surface area contributed by atoms with Crippen molar-refractivity contribution < 1.29 is 20.9 Å². The second-order valence-electron chi connectivity index (χ2n) is 3.21. The summed E-state index contributed by atoms with van der Waals surface area (Å²) in [6, 6.07) is 0. The molecule has 1 saturated carbocycles. The number of hydrogen-bond donors (Lipinski definition) is 1. The van der Waals surface area contributed by atoms with Crippen molar-refractivity contribution >= 4 is 5.97 Å². The Kier molecular flexibility index (Phi) is 6.94. The van der Waals surface area contributed by atoms with E-state index in [4.69, 9.17) is 5.11 Å². The molecule has 2 unspecified atom stereocenters. The van der Waals surface area contributed by atoms with Gasteiger partial charge in [-0.2, -0.15) is 0 Å². The molecule has 2 atom stereocenters. The van der Waals surface area contributed by atoms with Crippen molar-refractivity contribution in [3.8, 4) is 0 Å². The fourth-order valence-electron chi connectivity index (χ4n) is 1.68. The lowest BCUT2D eigenvalue weighted by atomic mass is 9.81. The number of hydrogen-bond acceptors (Lipinski definition) is 1. The summed E-state index contributed by atoms with van der Waals surface area (Å²) in [7, 11) is 0. The van der Waals surface area contributed by atoms with Crippen LogP contribution in [0.2, 0.25) is 0 Å². The lowest BCUT2D eigenvalue weighted by molar-refractivity contribution is -0.144. The van der Waals surface area contributed by atoms with Gasteiger partial charge in [-0.25, -0.2) is 0 Å². The van der Waals surface area contributed by atoms with Crippen LogP contribution in [0.1, 0.15) is 32.6 Å². The first-order valence-corrected chi connectivity index (χ1v) is 3.94. The smallest absolute Gasteiger partial charge is 0.306 e. The minimum Gasteiger partial charge on any atom is -0.481 e. The van der Waals surface area contributed by atoms with Gasteiger partial charge in [-0.15, -0.1) is 0 Å². The lowest BCUT2D eigenvalue weighted by Crippen LogP contribution is -2.24. The second-order valence-corrected chi connectivity index (χ2v) is 3.21. The highest BCUT2D eigenvalue weighted by molar-refractivity contribution is 5.70. The summed E-state index contributed by atoms with van der Waals surface area (Å²) in [5.41, 5.74) is 0. The summed E-state index contributed by atoms with van der Waals surface area (Å²) in [5.74, 6) is -0.271. The fraction of sp³-hybridized carbons (Fsp3) is 0.875. The van der Waals surface area contributed by atoms with Crippen LogP contribution in [0.5, 0.6) is 0 Å². The van der Waals surface area contributed by atoms with Crippen LogP contribution in [0, 0.1) is 11.8 Å². The van der Waals surface area contributed by atoms with Gasteiger partial charge in [0.1, 0.15) is 0 Å². The largest absolute Gasteiger partial charge is 0.481 e. The van der Waals surface area contributed by atoms with Gasteiger partial charge in [-0.05, 0) is 18.8 Å². The molecule has 0 saturated heterocycles. The molecule has 0 amide bonds. The van der Waals surface area contributed by atoms with Gasteiger partial charge in [0.15, 0.2) is 0 Å². The van der Waals surface area contributed by atoms with E-state index in [0.29, 0.717) is 5.92 Å². The Hall–Kier alpha value is -0.610. The van der Waals surface area contributed by atoms with Gasteiger partial charge in [0.2, 0.25) is 0 Å². The molecule has 0 aliphatic heterocycles. The molecule has 74 valence electrons. The Balaban J connectivity index is 0. The van der Waals surface area contributed by atoms with E-state index in [1.807, 2.05) is 6.92 Å². The van der Waals surface area contributed by atoms with E-state index in [1.165, 1.54) is 6.42 Å². The molecule has 1 aliphatic rings. The van der Waals surface area contributed by atoms with Crippen molar-refractivity contribution in [3.05, 3.63) is 0 Å². The Labute approximate surface area is 72.2 Å². The van der Waals surface area contributed by atoms with Crippen molar-refractivity contribution in [2.24, 2.45) is 11.8 Å². The van der Waals surface area contributed by atoms with E-state index in [1.54, 1.807) is 0 Å². The monoisotopic (exact) mass is 178 g/mol. The molecule has 5 N–H and O–H groups in total. The van der Waals surface area contributed by atoms with Gasteiger partial charge in [0.25, 0.3) is 0 Å². The second kappa shape index (κ2) is 5.97. The van der Waals surface area contributed by atoms with Crippen LogP contribution < -0.4 is 0 Å². The quantitative estimate of drug-likeness (QED) is 0.622. The zero-order valence-electron chi connectivity index (χ0n) is 7.34. The van der Waals surface area contributed by atoms with E-state index in [9.17, 15) is 4.79 Å². The van der Waals surface area contributed by atoms with Gasteiger partial charge in [-0.1, -0.05) is 19.8 Å². The summed E-state index contributed by atoms with van der Waals surface area (Å²) in [6.45, 7) is 2.04. The minimum atomic E-state index is -0.604. The van der Waals surface area contributed by atoms with Crippen LogP contribution in [-0.2, 0) is 4.79 Å². The van der Waals surface area contributed by atoms with Gasteiger partial charge in [-0.3, -0.25) is 4.79 Å². The predicted molar refractivity (Wildman–Crippen MR) is 46.0 cm³/mol. The molecule has 0 aromatic rings. The number of carboxylic acid groups (broad SMARTS) is 1. The molecule has 0 heterocycles. The first kappa shape index (κ1) is 13.9. The number of rotatable bonds is 1. The molecule has 1 aliphatic carbocycles. The molecular weight excluding hydrogens is 160 g/mol. The number of carboxylic acids is 1. The highest BCUT2D eigenvalue weighted by atomic mass is 16.4. The SMILES string of the molecule is CC1CCCCC1C(=O)O.O.O. The van der Waals surface area contributed by atoms with Crippen molar-refractivity contribution in [1.29, 1.82) is 0 Å². The van der Waals surface area contributed by atoms with E-state index < -0.39 is 5.97 Å². The van der Waals surface area contributed by atoms with Crippen LogP contribution in [-0.4, -0.2) is 22.0 Å².